The van der Waals surface area contributed by atoms with Gasteiger partial charge in [-0.2, -0.15) is 13.2 Å². The maximum absolute atomic E-state index is 12.5. The fraction of sp³-hybridized carbons (Fsp3) is 0.538. The van der Waals surface area contributed by atoms with E-state index in [0.717, 1.165) is 18.7 Å². The number of carbonyl (C=O) groups excluding carboxylic acids is 1. The molecule has 21 heavy (non-hydrogen) atoms. The number of alkyl halides is 3. The fourth-order valence-electron chi connectivity index (χ4n) is 2.23. The van der Waals surface area contributed by atoms with Crippen molar-refractivity contribution in [2.24, 2.45) is 0 Å². The molecule has 1 aliphatic rings. The van der Waals surface area contributed by atoms with Crippen LogP contribution in [-0.4, -0.2) is 43.7 Å². The van der Waals surface area contributed by atoms with E-state index in [1.54, 1.807) is 0 Å². The Bertz CT molecular complexity index is 490. The van der Waals surface area contributed by atoms with Gasteiger partial charge in [-0.3, -0.25) is 4.79 Å². The lowest BCUT2D eigenvalue weighted by molar-refractivity contribution is -0.137. The van der Waals surface area contributed by atoms with Crippen LogP contribution < -0.4 is 10.2 Å². The first-order valence-electron chi connectivity index (χ1n) is 6.46. The van der Waals surface area contributed by atoms with E-state index in [9.17, 15) is 18.0 Å². The third kappa shape index (κ3) is 4.07. The Morgan fingerprint density at radius 2 is 2.29 bits per heavy atom. The van der Waals surface area contributed by atoms with Crippen LogP contribution in [0.15, 0.2) is 18.3 Å². The Morgan fingerprint density at radius 1 is 1.52 bits per heavy atom. The van der Waals surface area contributed by atoms with Crippen molar-refractivity contribution in [3.63, 3.8) is 0 Å². The van der Waals surface area contributed by atoms with Crippen LogP contribution in [0.1, 0.15) is 12.0 Å². The van der Waals surface area contributed by atoms with E-state index >= 15 is 0 Å². The van der Waals surface area contributed by atoms with E-state index in [-0.39, 0.29) is 18.6 Å². The normalized spacial score (nSPS) is 18.9. The Labute approximate surface area is 120 Å². The predicted octanol–water partition coefficient (Wildman–Crippen LogP) is 1.44. The van der Waals surface area contributed by atoms with Gasteiger partial charge in [0.2, 0.25) is 5.91 Å². The molecule has 0 radical (unpaired) electrons. The Balaban J connectivity index is 1.94. The monoisotopic (exact) mass is 303 g/mol. The summed E-state index contributed by atoms with van der Waals surface area (Å²) in [6, 6.07) is 2.32. The molecular weight excluding hydrogens is 287 g/mol. The zero-order valence-corrected chi connectivity index (χ0v) is 11.5. The molecule has 1 unspecified atom stereocenters. The summed E-state index contributed by atoms with van der Waals surface area (Å²) >= 11 is 0. The lowest BCUT2D eigenvalue weighted by atomic mass is 10.2. The molecule has 0 bridgehead atoms. The summed E-state index contributed by atoms with van der Waals surface area (Å²) in [5, 5.41) is 2.80. The van der Waals surface area contributed by atoms with Gasteiger partial charge in [-0.25, -0.2) is 4.98 Å². The molecule has 1 aromatic heterocycles. The van der Waals surface area contributed by atoms with Crippen molar-refractivity contribution < 1.29 is 22.7 Å². The number of ether oxygens (including phenoxy) is 1. The number of amides is 1. The number of methoxy groups -OCH3 is 1. The van der Waals surface area contributed by atoms with Gasteiger partial charge in [-0.1, -0.05) is 0 Å². The summed E-state index contributed by atoms with van der Waals surface area (Å²) in [6.45, 7) is 1.15. The quantitative estimate of drug-likeness (QED) is 0.914. The van der Waals surface area contributed by atoms with Gasteiger partial charge in [-0.15, -0.1) is 0 Å². The average Bonchev–Trinajstić information content (AvgIpc) is 2.86. The summed E-state index contributed by atoms with van der Waals surface area (Å²) in [7, 11) is 1.44. The van der Waals surface area contributed by atoms with E-state index in [2.05, 4.69) is 10.3 Å². The van der Waals surface area contributed by atoms with E-state index in [1.807, 2.05) is 4.90 Å². The van der Waals surface area contributed by atoms with E-state index in [0.29, 0.717) is 18.9 Å². The first-order valence-corrected chi connectivity index (χ1v) is 6.46. The minimum atomic E-state index is -4.38. The van der Waals surface area contributed by atoms with Crippen LogP contribution in [-0.2, 0) is 15.7 Å². The van der Waals surface area contributed by atoms with Gasteiger partial charge in [0.15, 0.2) is 0 Å². The molecule has 0 saturated carbocycles. The molecule has 1 fully saturated rings. The molecule has 5 nitrogen and oxygen atoms in total. The smallest absolute Gasteiger partial charge is 0.375 e. The topological polar surface area (TPSA) is 54.5 Å². The molecule has 0 aliphatic carbocycles. The highest BCUT2D eigenvalue weighted by atomic mass is 19.4. The molecule has 0 spiro atoms. The summed E-state index contributed by atoms with van der Waals surface area (Å²) in [6.07, 6.45) is -2.84. The van der Waals surface area contributed by atoms with Crippen molar-refractivity contribution >= 4 is 11.7 Å². The van der Waals surface area contributed by atoms with Crippen molar-refractivity contribution in [2.45, 2.75) is 18.6 Å². The molecule has 1 aromatic rings. The number of nitrogens with one attached hydrogen (secondary N) is 1. The van der Waals surface area contributed by atoms with Gasteiger partial charge >= 0.3 is 6.18 Å². The molecule has 116 valence electrons. The van der Waals surface area contributed by atoms with Gasteiger partial charge in [0, 0.05) is 32.4 Å². The van der Waals surface area contributed by atoms with Gasteiger partial charge in [-0.05, 0) is 18.6 Å². The molecule has 1 N–H and O–H groups in total. The minimum Gasteiger partial charge on any atom is -0.375 e. The van der Waals surface area contributed by atoms with Crippen LogP contribution in [0, 0.1) is 0 Å². The number of carbonyl (C=O) groups is 1. The van der Waals surface area contributed by atoms with Crippen molar-refractivity contribution in [1.82, 2.24) is 10.3 Å². The number of hydrogen-bond donors (Lipinski definition) is 1. The second-order valence-electron chi connectivity index (χ2n) is 4.83. The summed E-state index contributed by atoms with van der Waals surface area (Å²) in [4.78, 5) is 17.1. The third-order valence-electron chi connectivity index (χ3n) is 3.23. The first-order chi connectivity index (χ1) is 9.90. The highest BCUT2D eigenvalue weighted by molar-refractivity contribution is 5.77. The van der Waals surface area contributed by atoms with Gasteiger partial charge in [0.25, 0.3) is 0 Å². The van der Waals surface area contributed by atoms with Crippen LogP contribution in [0.2, 0.25) is 0 Å². The van der Waals surface area contributed by atoms with E-state index in [4.69, 9.17) is 4.74 Å². The highest BCUT2D eigenvalue weighted by Gasteiger charge is 2.31. The number of rotatable bonds is 4. The molecular formula is C13H16F3N3O2. The maximum Gasteiger partial charge on any atom is 0.417 e. The summed E-state index contributed by atoms with van der Waals surface area (Å²) in [5.74, 6) is 0.274. The number of nitrogens with zero attached hydrogens (tertiary/aromatic N) is 2. The minimum absolute atomic E-state index is 0.00493. The van der Waals surface area contributed by atoms with Gasteiger partial charge in [0.1, 0.15) is 12.4 Å². The average molecular weight is 303 g/mol. The lowest BCUT2D eigenvalue weighted by Gasteiger charge is -2.18. The molecule has 1 atom stereocenters. The zero-order chi connectivity index (χ0) is 15.5. The molecule has 8 heteroatoms. The van der Waals surface area contributed by atoms with E-state index < -0.39 is 11.7 Å². The Morgan fingerprint density at radius 3 is 2.86 bits per heavy atom. The van der Waals surface area contributed by atoms with Crippen molar-refractivity contribution in [2.75, 3.05) is 31.7 Å². The van der Waals surface area contributed by atoms with Crippen molar-refractivity contribution in [3.05, 3.63) is 23.9 Å². The largest absolute Gasteiger partial charge is 0.417 e. The molecule has 1 aliphatic heterocycles. The fourth-order valence-corrected chi connectivity index (χ4v) is 2.23. The van der Waals surface area contributed by atoms with E-state index in [1.165, 1.54) is 13.2 Å². The Hall–Kier alpha value is -1.83. The molecule has 2 rings (SSSR count). The maximum atomic E-state index is 12.5. The van der Waals surface area contributed by atoms with Crippen LogP contribution in [0.25, 0.3) is 0 Å². The first kappa shape index (κ1) is 15.6. The number of pyridine rings is 1. The molecule has 0 aromatic carbocycles. The SMILES string of the molecule is COCC(=O)NC1CCN(c2ccc(C(F)(F)F)cn2)C1. The number of halogens is 3. The molecule has 2 heterocycles. The van der Waals surface area contributed by atoms with Gasteiger partial charge < -0.3 is 15.0 Å². The third-order valence-corrected chi connectivity index (χ3v) is 3.23. The summed E-state index contributed by atoms with van der Waals surface area (Å²) in [5.41, 5.74) is -0.768. The van der Waals surface area contributed by atoms with Gasteiger partial charge in [0.05, 0.1) is 5.56 Å². The summed E-state index contributed by atoms with van der Waals surface area (Å²) < 4.78 is 42.1. The van der Waals surface area contributed by atoms with Crippen molar-refractivity contribution in [1.29, 1.82) is 0 Å². The predicted molar refractivity (Wildman–Crippen MR) is 69.9 cm³/mol. The van der Waals surface area contributed by atoms with Crippen LogP contribution in [0.5, 0.6) is 0 Å². The number of aromatic nitrogens is 1. The van der Waals surface area contributed by atoms with Crippen LogP contribution in [0.4, 0.5) is 19.0 Å². The standard InChI is InChI=1S/C13H16F3N3O2/c1-21-8-12(20)18-10-4-5-19(7-10)11-3-2-9(6-17-11)13(14,15)16/h2-3,6,10H,4-5,7-8H2,1H3,(H,18,20). The highest BCUT2D eigenvalue weighted by Crippen LogP contribution is 2.29. The number of hydrogen-bond acceptors (Lipinski definition) is 4. The number of anilines is 1. The van der Waals surface area contributed by atoms with Crippen LogP contribution >= 0.6 is 0 Å². The second-order valence-corrected chi connectivity index (χ2v) is 4.83. The Kier molecular flexibility index (Phi) is 4.66. The lowest BCUT2D eigenvalue weighted by Crippen LogP contribution is -2.39. The van der Waals surface area contributed by atoms with Crippen molar-refractivity contribution in [3.8, 4) is 0 Å². The zero-order valence-electron chi connectivity index (χ0n) is 11.5. The molecule has 1 amide bonds. The second kappa shape index (κ2) is 6.30. The molecule has 1 saturated heterocycles. The van der Waals surface area contributed by atoms with Crippen LogP contribution in [0.3, 0.4) is 0 Å².